The fraction of sp³-hybridized carbons (Fsp3) is 0.616. The number of carbonyl (C=O) groups is 4. The molecule has 0 bridgehead atoms. The van der Waals surface area contributed by atoms with E-state index in [1.807, 2.05) is 132 Å². The first-order valence-electron chi connectivity index (χ1n) is 31.2. The van der Waals surface area contributed by atoms with Crippen molar-refractivity contribution < 1.29 is 58.6 Å². The lowest BCUT2D eigenvalue weighted by Gasteiger charge is -2.32. The first-order valence-corrected chi connectivity index (χ1v) is 31.2. The zero-order valence-corrected chi connectivity index (χ0v) is 55.8. The van der Waals surface area contributed by atoms with Crippen LogP contribution in [0.15, 0.2) is 48.5 Å². The average molecular weight is 1180 g/mol. The van der Waals surface area contributed by atoms with Crippen LogP contribution in [0.4, 0.5) is 0 Å². The summed E-state index contributed by atoms with van der Waals surface area (Å²) in [5, 5.41) is 45.3. The molecule has 0 saturated carbocycles. The number of phenols is 4. The van der Waals surface area contributed by atoms with E-state index in [2.05, 4.69) is 55.4 Å². The Bertz CT molecular complexity index is 2580. The monoisotopic (exact) mass is 1180 g/mol. The Kier molecular flexibility index (Phi) is 25.3. The Morgan fingerprint density at radius 2 is 0.518 bits per heavy atom. The summed E-state index contributed by atoms with van der Waals surface area (Å²) in [6.07, 6.45) is 3.67. The van der Waals surface area contributed by atoms with E-state index in [-0.39, 0.29) is 85.2 Å². The van der Waals surface area contributed by atoms with Gasteiger partial charge in [0.15, 0.2) is 0 Å². The van der Waals surface area contributed by atoms with Crippen molar-refractivity contribution in [1.82, 2.24) is 0 Å². The van der Waals surface area contributed by atoms with Crippen molar-refractivity contribution in [3.05, 3.63) is 115 Å². The molecule has 472 valence electrons. The maximum absolute atomic E-state index is 14.1. The molecule has 0 heterocycles. The number of rotatable bonds is 28. The average Bonchev–Trinajstić information content (AvgIpc) is 3.17. The summed E-state index contributed by atoms with van der Waals surface area (Å²) in [4.78, 5) is 56.3. The van der Waals surface area contributed by atoms with Gasteiger partial charge in [-0.25, -0.2) is 0 Å². The van der Waals surface area contributed by atoms with Crippen molar-refractivity contribution in [2.75, 3.05) is 26.4 Å². The molecule has 4 aromatic rings. The van der Waals surface area contributed by atoms with Crippen LogP contribution in [-0.2, 0) is 111 Å². The topological polar surface area (TPSA) is 186 Å². The molecule has 4 rings (SSSR count). The number of esters is 4. The van der Waals surface area contributed by atoms with E-state index in [0.29, 0.717) is 38.5 Å². The number of ether oxygens (including phenoxy) is 4. The highest BCUT2D eigenvalue weighted by Gasteiger charge is 2.39. The molecular formula is C73H108O12. The zero-order valence-electron chi connectivity index (χ0n) is 55.8. The van der Waals surface area contributed by atoms with Gasteiger partial charge >= 0.3 is 23.9 Å². The Morgan fingerprint density at radius 1 is 0.329 bits per heavy atom. The Hall–Kier alpha value is -6.04. The number of benzene rings is 4. The summed E-state index contributed by atoms with van der Waals surface area (Å²) >= 11 is 0. The van der Waals surface area contributed by atoms with Gasteiger partial charge in [0.25, 0.3) is 0 Å². The van der Waals surface area contributed by atoms with Gasteiger partial charge in [0.05, 0.1) is 0 Å². The summed E-state index contributed by atoms with van der Waals surface area (Å²) in [5.74, 6) is -0.164. The van der Waals surface area contributed by atoms with Crippen molar-refractivity contribution in [2.45, 2.75) is 237 Å². The molecule has 0 aliphatic rings. The fourth-order valence-corrected chi connectivity index (χ4v) is 10.8. The molecule has 0 aliphatic carbocycles. The molecule has 0 fully saturated rings. The van der Waals surface area contributed by atoms with Crippen LogP contribution in [0.25, 0.3) is 0 Å². The SMILES string of the molecule is CC(C)Cc1cc(CCC(=O)OCC(COC(=O)CCc2cc(CC(C)C)c(O)c(CC(C)C)c2)(COC(=O)CCc2cc(C(C)(C)C)c(O)c(C(C)(C)C)c2)COC(=O)CCc2cc(C(C)(C)C)c(O)c(C(C)(C)C)c2)cc(CC(C)C)c1O. The second-order valence-corrected chi connectivity index (χ2v) is 30.1. The zero-order chi connectivity index (χ0) is 64.2. The third-order valence-corrected chi connectivity index (χ3v) is 15.4. The summed E-state index contributed by atoms with van der Waals surface area (Å²) in [5.41, 5.74) is 6.63. The number of aryl methyl sites for hydroxylation is 4. The Balaban J connectivity index is 1.74. The largest absolute Gasteiger partial charge is 0.507 e. The Morgan fingerprint density at radius 3 is 0.694 bits per heavy atom. The Labute approximate surface area is 511 Å². The lowest BCUT2D eigenvalue weighted by atomic mass is 9.78. The van der Waals surface area contributed by atoms with Gasteiger partial charge in [0.2, 0.25) is 0 Å². The van der Waals surface area contributed by atoms with Gasteiger partial charge in [-0.05, 0) is 163 Å². The number of hydrogen-bond donors (Lipinski definition) is 4. The molecule has 0 spiro atoms. The van der Waals surface area contributed by atoms with Gasteiger partial charge in [-0.1, -0.05) is 187 Å². The molecule has 12 heteroatoms. The maximum Gasteiger partial charge on any atom is 0.306 e. The van der Waals surface area contributed by atoms with Gasteiger partial charge in [-0.15, -0.1) is 0 Å². The van der Waals surface area contributed by atoms with Crippen LogP contribution >= 0.6 is 0 Å². The molecule has 4 N–H and O–H groups in total. The highest BCUT2D eigenvalue weighted by molar-refractivity contribution is 5.72. The summed E-state index contributed by atoms with van der Waals surface area (Å²) in [6, 6.07) is 15.5. The van der Waals surface area contributed by atoms with E-state index in [4.69, 9.17) is 18.9 Å². The lowest BCUT2D eigenvalue weighted by Crippen LogP contribution is -2.44. The molecule has 0 radical (unpaired) electrons. The predicted octanol–water partition coefficient (Wildman–Crippen LogP) is 15.5. The first-order chi connectivity index (χ1) is 39.2. The molecule has 85 heavy (non-hydrogen) atoms. The molecule has 0 aliphatic heterocycles. The number of hydrogen-bond acceptors (Lipinski definition) is 12. The standard InChI is InChI=1S/C73H108O12/c1-45(2)29-53-33-49(34-54(65(53)78)30-46(3)4)21-25-61(74)82-41-73(42-83-62(75)26-22-50-35-55(31-47(5)6)66(79)56(36-50)32-48(7)8,43-84-63(76)27-23-51-37-57(69(9,10)11)67(80)58(38-51)70(12,13)14)44-85-64(77)28-24-52-39-59(71(15,16)17)68(81)60(40-52)72(18,19)20/h33-40,45-48,78-81H,21-32,41-44H2,1-20H3. The second kappa shape index (κ2) is 30.0. The highest BCUT2D eigenvalue weighted by atomic mass is 16.6. The first kappa shape index (κ1) is 71.4. The minimum atomic E-state index is -1.56. The van der Waals surface area contributed by atoms with E-state index in [0.717, 1.165) is 66.8 Å². The lowest BCUT2D eigenvalue weighted by molar-refractivity contribution is -0.170. The van der Waals surface area contributed by atoms with E-state index >= 15 is 0 Å². The quantitative estimate of drug-likeness (QED) is 0.0312. The van der Waals surface area contributed by atoms with Crippen LogP contribution in [-0.4, -0.2) is 70.7 Å². The highest BCUT2D eigenvalue weighted by Crippen LogP contribution is 2.42. The molecule has 0 saturated heterocycles. The van der Waals surface area contributed by atoms with Crippen LogP contribution in [0.3, 0.4) is 0 Å². The van der Waals surface area contributed by atoms with E-state index in [9.17, 15) is 39.6 Å². The maximum atomic E-state index is 14.1. The third kappa shape index (κ3) is 22.3. The summed E-state index contributed by atoms with van der Waals surface area (Å²) in [6.45, 7) is 39.3. The van der Waals surface area contributed by atoms with Crippen molar-refractivity contribution in [1.29, 1.82) is 0 Å². The second-order valence-electron chi connectivity index (χ2n) is 30.1. The van der Waals surface area contributed by atoms with E-state index in [1.165, 1.54) is 0 Å². The van der Waals surface area contributed by atoms with Crippen LogP contribution in [0.5, 0.6) is 23.0 Å². The number of phenolic OH excluding ortho intramolecular Hbond substituents is 4. The minimum absolute atomic E-state index is 0.0356. The fourth-order valence-electron chi connectivity index (χ4n) is 10.8. The van der Waals surface area contributed by atoms with Gasteiger partial charge < -0.3 is 39.4 Å². The van der Waals surface area contributed by atoms with Crippen molar-refractivity contribution in [3.63, 3.8) is 0 Å². The van der Waals surface area contributed by atoms with Gasteiger partial charge in [-0.3, -0.25) is 19.2 Å². The van der Waals surface area contributed by atoms with Crippen molar-refractivity contribution in [2.24, 2.45) is 29.1 Å². The summed E-state index contributed by atoms with van der Waals surface area (Å²) in [7, 11) is 0. The van der Waals surface area contributed by atoms with Gasteiger partial charge in [0.1, 0.15) is 54.8 Å². The number of aromatic hydroxyl groups is 4. The molecule has 4 aromatic carbocycles. The molecular weight excluding hydrogens is 1070 g/mol. The van der Waals surface area contributed by atoms with Gasteiger partial charge in [0, 0.05) is 25.7 Å². The normalized spacial score (nSPS) is 12.6. The number of carbonyl (C=O) groups excluding carboxylic acids is 4. The van der Waals surface area contributed by atoms with Crippen LogP contribution in [0.1, 0.15) is 231 Å². The van der Waals surface area contributed by atoms with Gasteiger partial charge in [-0.2, -0.15) is 0 Å². The smallest absolute Gasteiger partial charge is 0.306 e. The molecule has 0 aromatic heterocycles. The van der Waals surface area contributed by atoms with E-state index in [1.54, 1.807) is 0 Å². The van der Waals surface area contributed by atoms with Crippen LogP contribution < -0.4 is 0 Å². The van der Waals surface area contributed by atoms with E-state index < -0.39 is 77.4 Å². The molecule has 12 nitrogen and oxygen atoms in total. The molecule has 0 amide bonds. The van der Waals surface area contributed by atoms with Crippen molar-refractivity contribution >= 4 is 23.9 Å². The van der Waals surface area contributed by atoms with Crippen molar-refractivity contribution in [3.8, 4) is 23.0 Å². The molecule has 0 unspecified atom stereocenters. The minimum Gasteiger partial charge on any atom is -0.507 e. The van der Waals surface area contributed by atoms with Crippen LogP contribution in [0, 0.1) is 29.1 Å². The third-order valence-electron chi connectivity index (χ3n) is 15.4. The summed E-state index contributed by atoms with van der Waals surface area (Å²) < 4.78 is 24.4. The molecule has 0 atom stereocenters. The van der Waals surface area contributed by atoms with Crippen LogP contribution in [0.2, 0.25) is 0 Å². The predicted molar refractivity (Wildman–Crippen MR) is 341 cm³/mol.